The van der Waals surface area contributed by atoms with Crippen molar-refractivity contribution in [2.45, 2.75) is 32.3 Å². The molecule has 17 heavy (non-hydrogen) atoms. The first-order valence-electron chi connectivity index (χ1n) is 5.48. The van der Waals surface area contributed by atoms with Crippen LogP contribution >= 0.6 is 0 Å². The fraction of sp³-hybridized carbons (Fsp3) is 0.700. The van der Waals surface area contributed by atoms with E-state index in [1.165, 1.54) is 4.68 Å². The summed E-state index contributed by atoms with van der Waals surface area (Å²) in [7, 11) is 1.67. The Morgan fingerprint density at radius 1 is 1.53 bits per heavy atom. The second kappa shape index (κ2) is 5.81. The molecule has 0 radical (unpaired) electrons. The number of hydrogen-bond acceptors (Lipinski definition) is 4. The molecule has 1 unspecified atom stereocenters. The molecule has 0 amide bonds. The lowest BCUT2D eigenvalue weighted by Gasteiger charge is -2.12. The van der Waals surface area contributed by atoms with Crippen molar-refractivity contribution >= 4 is 11.5 Å². The molecule has 0 saturated carbocycles. The second-order valence-electron chi connectivity index (χ2n) is 3.87. The van der Waals surface area contributed by atoms with Crippen molar-refractivity contribution in [3.05, 3.63) is 5.69 Å². The van der Waals surface area contributed by atoms with Gasteiger partial charge in [0.15, 0.2) is 0 Å². The Kier molecular flexibility index (Phi) is 4.68. The Bertz CT molecular complexity index is 367. The lowest BCUT2D eigenvalue weighted by molar-refractivity contribution is 0.00378. The van der Waals surface area contributed by atoms with E-state index in [0.717, 1.165) is 18.5 Å². The number of anilines is 2. The van der Waals surface area contributed by atoms with E-state index in [1.807, 2.05) is 6.92 Å². The molecule has 0 aliphatic heterocycles. The standard InChI is InChI=1S/C10H18F2N4O/c1-3-4-6-8(13)10(16(2)15-6)14-5-7(17)9(11)12/h7,9,14,17H,3-5,13H2,1-2H3. The van der Waals surface area contributed by atoms with Gasteiger partial charge in [0.05, 0.1) is 11.4 Å². The summed E-state index contributed by atoms with van der Waals surface area (Å²) >= 11 is 0. The Balaban J connectivity index is 2.71. The average Bonchev–Trinajstić information content (AvgIpc) is 2.52. The Morgan fingerprint density at radius 3 is 2.71 bits per heavy atom. The predicted octanol–water partition coefficient (Wildman–Crippen LogP) is 0.993. The van der Waals surface area contributed by atoms with Crippen molar-refractivity contribution < 1.29 is 13.9 Å². The zero-order valence-corrected chi connectivity index (χ0v) is 9.95. The molecule has 0 aliphatic rings. The Morgan fingerprint density at radius 2 is 2.18 bits per heavy atom. The van der Waals surface area contributed by atoms with E-state index in [2.05, 4.69) is 10.4 Å². The van der Waals surface area contributed by atoms with Crippen molar-refractivity contribution in [3.8, 4) is 0 Å². The molecule has 0 aromatic carbocycles. The molecule has 0 fully saturated rings. The van der Waals surface area contributed by atoms with Crippen molar-refractivity contribution in [3.63, 3.8) is 0 Å². The number of aromatic nitrogens is 2. The number of halogens is 2. The number of nitrogen functional groups attached to an aromatic ring is 1. The third-order valence-electron chi connectivity index (χ3n) is 2.42. The number of nitrogens with one attached hydrogen (secondary N) is 1. The lowest BCUT2D eigenvalue weighted by Crippen LogP contribution is -2.27. The van der Waals surface area contributed by atoms with Crippen LogP contribution in [-0.4, -0.2) is 34.0 Å². The quantitative estimate of drug-likeness (QED) is 0.701. The highest BCUT2D eigenvalue weighted by molar-refractivity contribution is 5.65. The molecular weight excluding hydrogens is 230 g/mol. The summed E-state index contributed by atoms with van der Waals surface area (Å²) in [4.78, 5) is 0. The van der Waals surface area contributed by atoms with E-state index in [1.54, 1.807) is 7.05 Å². The lowest BCUT2D eigenvalue weighted by atomic mass is 10.2. The summed E-state index contributed by atoms with van der Waals surface area (Å²) < 4.78 is 25.7. The molecule has 0 spiro atoms. The molecule has 0 aliphatic carbocycles. The molecule has 1 heterocycles. The molecule has 1 aromatic rings. The van der Waals surface area contributed by atoms with Crippen LogP contribution in [0.5, 0.6) is 0 Å². The SMILES string of the molecule is CCCc1nn(C)c(NCC(O)C(F)F)c1N. The van der Waals surface area contributed by atoms with E-state index in [4.69, 9.17) is 10.8 Å². The molecule has 98 valence electrons. The number of alkyl halides is 2. The van der Waals surface area contributed by atoms with Crippen LogP contribution in [0.4, 0.5) is 20.3 Å². The third kappa shape index (κ3) is 3.29. The number of nitrogens with two attached hydrogens (primary N) is 1. The molecule has 1 rings (SSSR count). The van der Waals surface area contributed by atoms with Gasteiger partial charge in [0.1, 0.15) is 11.9 Å². The van der Waals surface area contributed by atoms with Gasteiger partial charge in [-0.3, -0.25) is 4.68 Å². The minimum atomic E-state index is -2.77. The van der Waals surface area contributed by atoms with Gasteiger partial charge in [-0.25, -0.2) is 8.78 Å². The molecule has 7 heteroatoms. The molecule has 4 N–H and O–H groups in total. The van der Waals surface area contributed by atoms with Gasteiger partial charge in [0.25, 0.3) is 6.43 Å². The van der Waals surface area contributed by atoms with E-state index in [9.17, 15) is 8.78 Å². The Hall–Kier alpha value is -1.37. The second-order valence-corrected chi connectivity index (χ2v) is 3.87. The summed E-state index contributed by atoms with van der Waals surface area (Å²) in [6.45, 7) is 1.74. The largest absolute Gasteiger partial charge is 0.394 e. The van der Waals surface area contributed by atoms with Crippen LogP contribution in [0.15, 0.2) is 0 Å². The minimum absolute atomic E-state index is 0.257. The topological polar surface area (TPSA) is 76.1 Å². The van der Waals surface area contributed by atoms with E-state index < -0.39 is 12.5 Å². The summed E-state index contributed by atoms with van der Waals surface area (Å²) in [5, 5.41) is 15.9. The fourth-order valence-electron chi connectivity index (χ4n) is 1.52. The summed E-state index contributed by atoms with van der Waals surface area (Å²) in [5.74, 6) is 0.466. The smallest absolute Gasteiger partial charge is 0.265 e. The van der Waals surface area contributed by atoms with Crippen LogP contribution in [0.2, 0.25) is 0 Å². The third-order valence-corrected chi connectivity index (χ3v) is 2.42. The minimum Gasteiger partial charge on any atom is -0.394 e. The van der Waals surface area contributed by atoms with Crippen molar-refractivity contribution in [2.75, 3.05) is 17.6 Å². The number of rotatable bonds is 6. The average molecular weight is 248 g/mol. The maximum absolute atomic E-state index is 12.1. The van der Waals surface area contributed by atoms with Gasteiger partial charge in [-0.05, 0) is 6.42 Å². The highest BCUT2D eigenvalue weighted by Gasteiger charge is 2.18. The maximum Gasteiger partial charge on any atom is 0.265 e. The van der Waals surface area contributed by atoms with Gasteiger partial charge >= 0.3 is 0 Å². The van der Waals surface area contributed by atoms with Crippen molar-refractivity contribution in [1.82, 2.24) is 9.78 Å². The molecule has 5 nitrogen and oxygen atoms in total. The van der Waals surface area contributed by atoms with Gasteiger partial charge in [-0.1, -0.05) is 13.3 Å². The molecular formula is C10H18F2N4O. The van der Waals surface area contributed by atoms with E-state index >= 15 is 0 Å². The monoisotopic (exact) mass is 248 g/mol. The maximum atomic E-state index is 12.1. The zero-order valence-electron chi connectivity index (χ0n) is 9.95. The first kappa shape index (κ1) is 13.7. The summed E-state index contributed by atoms with van der Waals surface area (Å²) in [6, 6.07) is 0. The molecule has 0 saturated heterocycles. The number of aliphatic hydroxyl groups excluding tert-OH is 1. The van der Waals surface area contributed by atoms with E-state index in [0.29, 0.717) is 11.5 Å². The van der Waals surface area contributed by atoms with Gasteiger partial charge < -0.3 is 16.2 Å². The molecule has 1 atom stereocenters. The summed E-state index contributed by atoms with van der Waals surface area (Å²) in [5.41, 5.74) is 7.03. The van der Waals surface area contributed by atoms with Crippen LogP contribution in [0, 0.1) is 0 Å². The first-order chi connectivity index (χ1) is 7.97. The molecule has 1 aromatic heterocycles. The summed E-state index contributed by atoms with van der Waals surface area (Å²) in [6.07, 6.45) is -2.84. The number of aryl methyl sites for hydroxylation is 2. The van der Waals surface area contributed by atoms with Gasteiger partial charge in [-0.15, -0.1) is 0 Å². The van der Waals surface area contributed by atoms with Gasteiger partial charge in [0.2, 0.25) is 0 Å². The van der Waals surface area contributed by atoms with Crippen molar-refractivity contribution in [1.29, 1.82) is 0 Å². The van der Waals surface area contributed by atoms with Crippen LogP contribution in [0.1, 0.15) is 19.0 Å². The number of nitrogens with zero attached hydrogens (tertiary/aromatic N) is 2. The first-order valence-corrected chi connectivity index (χ1v) is 5.48. The number of aliphatic hydroxyl groups is 1. The highest BCUT2D eigenvalue weighted by Crippen LogP contribution is 2.23. The van der Waals surface area contributed by atoms with Gasteiger partial charge in [0, 0.05) is 13.6 Å². The van der Waals surface area contributed by atoms with Gasteiger partial charge in [-0.2, -0.15) is 5.10 Å². The Labute approximate surface area is 98.6 Å². The zero-order chi connectivity index (χ0) is 13.0. The highest BCUT2D eigenvalue weighted by atomic mass is 19.3. The van der Waals surface area contributed by atoms with Crippen LogP contribution < -0.4 is 11.1 Å². The fourth-order valence-corrected chi connectivity index (χ4v) is 1.52. The van der Waals surface area contributed by atoms with Crippen LogP contribution in [0.3, 0.4) is 0 Å². The van der Waals surface area contributed by atoms with Crippen LogP contribution in [0.25, 0.3) is 0 Å². The van der Waals surface area contributed by atoms with E-state index in [-0.39, 0.29) is 6.54 Å². The van der Waals surface area contributed by atoms with Crippen LogP contribution in [-0.2, 0) is 13.5 Å². The number of hydrogen-bond donors (Lipinski definition) is 3. The predicted molar refractivity (Wildman–Crippen MR) is 62.1 cm³/mol. The molecule has 0 bridgehead atoms. The normalized spacial score (nSPS) is 13.1. The van der Waals surface area contributed by atoms with Crippen molar-refractivity contribution in [2.24, 2.45) is 7.05 Å².